The van der Waals surface area contributed by atoms with E-state index in [4.69, 9.17) is 9.47 Å². The molecule has 0 unspecified atom stereocenters. The van der Waals surface area contributed by atoms with Crippen LogP contribution in [0, 0.1) is 0 Å². The first-order chi connectivity index (χ1) is 24.6. The monoisotopic (exact) mass is 661 g/mol. The Balaban J connectivity index is 0.981. The quantitative estimate of drug-likeness (QED) is 0.167. The number of para-hydroxylation sites is 4. The van der Waals surface area contributed by atoms with Gasteiger partial charge in [0, 0.05) is 18.5 Å². The summed E-state index contributed by atoms with van der Waals surface area (Å²) in [6.07, 6.45) is 3.17. The van der Waals surface area contributed by atoms with Gasteiger partial charge < -0.3 is 24.5 Å². The van der Waals surface area contributed by atoms with Gasteiger partial charge in [-0.3, -0.25) is 9.78 Å². The number of aromatic nitrogens is 4. The Morgan fingerprint density at radius 3 is 2.34 bits per heavy atom. The largest absolute Gasteiger partial charge is 0.392 e. The molecule has 0 radical (unpaired) electrons. The molecule has 0 saturated carbocycles. The van der Waals surface area contributed by atoms with Crippen molar-refractivity contribution in [3.05, 3.63) is 162 Å². The smallest absolute Gasteiger partial charge is 0.271 e. The number of nitrogens with one attached hydrogen (secondary N) is 1. The van der Waals surface area contributed by atoms with Gasteiger partial charge in [0.2, 0.25) is 0 Å². The van der Waals surface area contributed by atoms with Crippen LogP contribution < -0.4 is 5.32 Å². The molecule has 1 fully saturated rings. The van der Waals surface area contributed by atoms with Crippen LogP contribution in [0.15, 0.2) is 134 Å². The Morgan fingerprint density at radius 2 is 1.52 bits per heavy atom. The molecule has 2 aromatic heterocycles. The van der Waals surface area contributed by atoms with Crippen LogP contribution in [0.3, 0.4) is 0 Å². The van der Waals surface area contributed by atoms with Crippen molar-refractivity contribution < 1.29 is 19.4 Å². The summed E-state index contributed by atoms with van der Waals surface area (Å²) in [4.78, 5) is 26.2. The lowest BCUT2D eigenvalue weighted by atomic mass is 9.99. The van der Waals surface area contributed by atoms with Gasteiger partial charge in [0.05, 0.1) is 60.0 Å². The normalized spacial score (nSPS) is 17.6. The van der Waals surface area contributed by atoms with Gasteiger partial charge in [-0.1, -0.05) is 91.0 Å². The zero-order valence-electron chi connectivity index (χ0n) is 27.2. The molecule has 3 atom stereocenters. The lowest BCUT2D eigenvalue weighted by Gasteiger charge is -2.36. The number of fused-ring (bicyclic) bond motifs is 2. The maximum Gasteiger partial charge on any atom is 0.271 e. The number of nitrogens with zero attached hydrogens (tertiary/aromatic N) is 4. The van der Waals surface area contributed by atoms with Crippen molar-refractivity contribution in [2.24, 2.45) is 0 Å². The highest BCUT2D eigenvalue weighted by molar-refractivity contribution is 5.93. The summed E-state index contributed by atoms with van der Waals surface area (Å²) < 4.78 is 15.3. The number of carbonyl (C=O) groups excluding carboxylic acids is 1. The van der Waals surface area contributed by atoms with Crippen LogP contribution in [0.1, 0.15) is 51.6 Å². The van der Waals surface area contributed by atoms with Crippen LogP contribution in [-0.4, -0.2) is 36.6 Å². The Hall–Kier alpha value is -5.74. The first-order valence-corrected chi connectivity index (χ1v) is 16.7. The molecule has 1 aliphatic rings. The van der Waals surface area contributed by atoms with E-state index in [-0.39, 0.29) is 30.4 Å². The molecule has 0 aliphatic carbocycles. The van der Waals surface area contributed by atoms with E-state index in [1.165, 1.54) is 6.20 Å². The number of benzene rings is 5. The van der Waals surface area contributed by atoms with E-state index in [0.717, 1.165) is 49.9 Å². The standard InChI is InChI=1S/C41H35N5O4/c47-25-27-12-14-30(15-13-27)39-21-33(24-46-26-44-36-10-3-4-11-38(36)46)49-41(50-39)31-18-16-29(17-19-31)32-7-5-6-28(20-32)22-43-40(48)37-23-42-34-8-1-2-9-35(34)45-37/h1-20,23,26,33,39,41,47H,21-22,24-25H2,(H,43,48)/t33-,39+,41+/m1/s1. The molecular weight excluding hydrogens is 626 g/mol. The van der Waals surface area contributed by atoms with Gasteiger partial charge in [-0.2, -0.15) is 0 Å². The van der Waals surface area contributed by atoms with Crippen molar-refractivity contribution in [1.29, 1.82) is 0 Å². The molecule has 1 saturated heterocycles. The SMILES string of the molecule is O=C(NCc1cccc(-c2ccc([C@H]3O[C@@H](Cn4cnc5ccccc54)C[C@@H](c4ccc(CO)cc4)O3)cc2)c1)c1cnc2ccccc2n1. The zero-order chi connectivity index (χ0) is 33.9. The number of ether oxygens (including phenoxy) is 2. The molecule has 1 aliphatic heterocycles. The molecule has 5 aromatic carbocycles. The van der Waals surface area contributed by atoms with E-state index >= 15 is 0 Å². The van der Waals surface area contributed by atoms with E-state index in [0.29, 0.717) is 25.0 Å². The molecule has 0 spiro atoms. The fourth-order valence-electron chi connectivity index (χ4n) is 6.44. The van der Waals surface area contributed by atoms with Gasteiger partial charge in [-0.05, 0) is 58.1 Å². The molecule has 9 heteroatoms. The molecule has 0 bridgehead atoms. The summed E-state index contributed by atoms with van der Waals surface area (Å²) in [6.45, 7) is 0.996. The minimum absolute atomic E-state index is 0.00171. The number of imidazole rings is 1. The number of rotatable bonds is 9. The highest BCUT2D eigenvalue weighted by Crippen LogP contribution is 2.39. The van der Waals surface area contributed by atoms with Crippen LogP contribution >= 0.6 is 0 Å². The lowest BCUT2D eigenvalue weighted by molar-refractivity contribution is -0.252. The van der Waals surface area contributed by atoms with E-state index in [9.17, 15) is 9.90 Å². The maximum absolute atomic E-state index is 12.9. The fourth-order valence-corrected chi connectivity index (χ4v) is 6.44. The summed E-state index contributed by atoms with van der Waals surface area (Å²) in [7, 11) is 0. The van der Waals surface area contributed by atoms with Crippen molar-refractivity contribution in [3.8, 4) is 11.1 Å². The second-order valence-corrected chi connectivity index (χ2v) is 12.5. The van der Waals surface area contributed by atoms with Crippen molar-refractivity contribution >= 4 is 28.0 Å². The maximum atomic E-state index is 12.9. The van der Waals surface area contributed by atoms with Crippen molar-refractivity contribution in [3.63, 3.8) is 0 Å². The molecular formula is C41H35N5O4. The molecule has 7 aromatic rings. The second-order valence-electron chi connectivity index (χ2n) is 12.5. The van der Waals surface area contributed by atoms with Crippen LogP contribution in [0.2, 0.25) is 0 Å². The number of aliphatic hydroxyl groups excluding tert-OH is 1. The van der Waals surface area contributed by atoms with Crippen LogP contribution in [0.25, 0.3) is 33.2 Å². The van der Waals surface area contributed by atoms with Crippen molar-refractivity contribution in [1.82, 2.24) is 24.8 Å². The summed E-state index contributed by atoms with van der Waals surface area (Å²) in [6, 6.07) is 39.9. The average Bonchev–Trinajstić information content (AvgIpc) is 3.59. The number of hydrogen-bond donors (Lipinski definition) is 2. The van der Waals surface area contributed by atoms with Crippen molar-refractivity contribution in [2.75, 3.05) is 0 Å². The van der Waals surface area contributed by atoms with E-state index in [2.05, 4.69) is 55.2 Å². The Labute approximate surface area is 289 Å². The van der Waals surface area contributed by atoms with E-state index in [1.54, 1.807) is 0 Å². The molecule has 50 heavy (non-hydrogen) atoms. The molecule has 2 N–H and O–H groups in total. The Morgan fingerprint density at radius 1 is 0.760 bits per heavy atom. The predicted octanol–water partition coefficient (Wildman–Crippen LogP) is 7.31. The minimum atomic E-state index is -0.570. The summed E-state index contributed by atoms with van der Waals surface area (Å²) in [5.41, 5.74) is 9.61. The number of aliphatic hydroxyl groups is 1. The second kappa shape index (κ2) is 14.0. The predicted molar refractivity (Wildman–Crippen MR) is 191 cm³/mol. The van der Waals surface area contributed by atoms with Gasteiger partial charge in [0.15, 0.2) is 6.29 Å². The highest BCUT2D eigenvalue weighted by atomic mass is 16.7. The third kappa shape index (κ3) is 6.75. The third-order valence-electron chi connectivity index (χ3n) is 9.12. The molecule has 3 heterocycles. The Kier molecular flexibility index (Phi) is 8.83. The van der Waals surface area contributed by atoms with Crippen LogP contribution in [-0.2, 0) is 29.2 Å². The molecule has 248 valence electrons. The van der Waals surface area contributed by atoms with Gasteiger partial charge in [0.25, 0.3) is 5.91 Å². The van der Waals surface area contributed by atoms with Gasteiger partial charge in [0.1, 0.15) is 5.69 Å². The van der Waals surface area contributed by atoms with Crippen LogP contribution in [0.5, 0.6) is 0 Å². The van der Waals surface area contributed by atoms with Gasteiger partial charge in [-0.15, -0.1) is 0 Å². The summed E-state index contributed by atoms with van der Waals surface area (Å²) >= 11 is 0. The number of amides is 1. The first-order valence-electron chi connectivity index (χ1n) is 16.7. The summed E-state index contributed by atoms with van der Waals surface area (Å²) in [5, 5.41) is 12.5. The number of carbonyl (C=O) groups is 1. The fraction of sp³-hybridized carbons (Fsp3) is 0.171. The molecule has 1 amide bonds. The van der Waals surface area contributed by atoms with Gasteiger partial charge in [-0.25, -0.2) is 9.97 Å². The molecule has 8 rings (SSSR count). The highest BCUT2D eigenvalue weighted by Gasteiger charge is 2.32. The summed E-state index contributed by atoms with van der Waals surface area (Å²) in [5.74, 6) is -0.271. The third-order valence-corrected chi connectivity index (χ3v) is 9.12. The topological polar surface area (TPSA) is 111 Å². The van der Waals surface area contributed by atoms with Gasteiger partial charge >= 0.3 is 0 Å². The van der Waals surface area contributed by atoms with Crippen molar-refractivity contribution in [2.45, 2.75) is 44.6 Å². The lowest BCUT2D eigenvalue weighted by Crippen LogP contribution is -2.32. The molecule has 9 nitrogen and oxygen atoms in total. The first kappa shape index (κ1) is 31.5. The van der Waals surface area contributed by atoms with Crippen LogP contribution in [0.4, 0.5) is 0 Å². The zero-order valence-corrected chi connectivity index (χ0v) is 27.2. The van der Waals surface area contributed by atoms with E-state index in [1.807, 2.05) is 97.3 Å². The minimum Gasteiger partial charge on any atom is -0.392 e. The van der Waals surface area contributed by atoms with E-state index < -0.39 is 6.29 Å². The average molecular weight is 662 g/mol. The Bertz CT molecular complexity index is 2270. The number of hydrogen-bond acceptors (Lipinski definition) is 7.